The lowest BCUT2D eigenvalue weighted by Gasteiger charge is -2.10. The highest BCUT2D eigenvalue weighted by atomic mass is 35.5. The molecule has 0 aliphatic rings. The summed E-state index contributed by atoms with van der Waals surface area (Å²) in [6.07, 6.45) is 0. The molecule has 1 aromatic heterocycles. The summed E-state index contributed by atoms with van der Waals surface area (Å²) in [6, 6.07) is 11.2. The number of hydrogen-bond acceptors (Lipinski definition) is 5. The summed E-state index contributed by atoms with van der Waals surface area (Å²) < 4.78 is 7.84. The fraction of sp³-hybridized carbons (Fsp3) is 0.286. The first-order valence-electron chi connectivity index (χ1n) is 9.37. The summed E-state index contributed by atoms with van der Waals surface area (Å²) in [5.41, 5.74) is 2.77. The molecule has 0 fully saturated rings. The Hall–Kier alpha value is -2.22. The van der Waals surface area contributed by atoms with Gasteiger partial charge in [-0.15, -0.1) is 10.2 Å². The summed E-state index contributed by atoms with van der Waals surface area (Å²) in [5.74, 6) is 1.46. The van der Waals surface area contributed by atoms with Crippen LogP contribution < -0.4 is 10.1 Å². The molecule has 0 unspecified atom stereocenters. The fourth-order valence-corrected chi connectivity index (χ4v) is 4.10. The Kier molecular flexibility index (Phi) is 7.64. The van der Waals surface area contributed by atoms with Crippen LogP contribution in [0.5, 0.6) is 5.75 Å². The van der Waals surface area contributed by atoms with Gasteiger partial charge in [-0.05, 0) is 56.2 Å². The molecule has 0 bridgehead atoms. The number of aryl methyl sites for hydroxylation is 2. The van der Waals surface area contributed by atoms with Gasteiger partial charge in [0.15, 0.2) is 11.0 Å². The maximum atomic E-state index is 12.3. The fourth-order valence-electron chi connectivity index (χ4n) is 2.93. The predicted octanol–water partition coefficient (Wildman–Crippen LogP) is 5.53. The maximum Gasteiger partial charge on any atom is 0.234 e. The van der Waals surface area contributed by atoms with Gasteiger partial charge in [0.05, 0.1) is 21.5 Å². The standard InChI is InChI=1S/C21H22Cl2N4O2S/c1-4-27-18(11-29-15-9-13(2)8-14(3)10-15)25-26-21(27)30-12-19(28)24-17-7-5-6-16(22)20(17)23/h5-10H,4,11-12H2,1-3H3,(H,24,28). The molecule has 3 rings (SSSR count). The number of carbonyl (C=O) groups excluding carboxylic acids is 1. The third-order valence-electron chi connectivity index (χ3n) is 4.23. The van der Waals surface area contributed by atoms with Crippen LogP contribution >= 0.6 is 35.0 Å². The van der Waals surface area contributed by atoms with Crippen LogP contribution in [-0.2, 0) is 17.9 Å². The predicted molar refractivity (Wildman–Crippen MR) is 122 cm³/mol. The van der Waals surface area contributed by atoms with Crippen molar-refractivity contribution in [3.05, 3.63) is 63.4 Å². The lowest BCUT2D eigenvalue weighted by molar-refractivity contribution is -0.113. The first-order valence-corrected chi connectivity index (χ1v) is 11.1. The zero-order chi connectivity index (χ0) is 21.7. The van der Waals surface area contributed by atoms with Crippen LogP contribution in [-0.4, -0.2) is 26.4 Å². The van der Waals surface area contributed by atoms with Crippen LogP contribution in [0.25, 0.3) is 0 Å². The van der Waals surface area contributed by atoms with E-state index in [1.54, 1.807) is 18.2 Å². The van der Waals surface area contributed by atoms with Gasteiger partial charge in [0.2, 0.25) is 5.91 Å². The molecule has 3 aromatic rings. The summed E-state index contributed by atoms with van der Waals surface area (Å²) >= 11 is 13.4. The molecule has 0 saturated carbocycles. The first-order chi connectivity index (χ1) is 14.4. The van der Waals surface area contributed by atoms with Crippen LogP contribution in [0.1, 0.15) is 23.9 Å². The Balaban J connectivity index is 1.61. The van der Waals surface area contributed by atoms with Gasteiger partial charge in [-0.1, -0.05) is 47.1 Å². The molecule has 1 amide bonds. The topological polar surface area (TPSA) is 69.0 Å². The van der Waals surface area contributed by atoms with Crippen molar-refractivity contribution in [1.82, 2.24) is 14.8 Å². The summed E-state index contributed by atoms with van der Waals surface area (Å²) in [6.45, 7) is 7.03. The monoisotopic (exact) mass is 464 g/mol. The van der Waals surface area contributed by atoms with E-state index in [4.69, 9.17) is 27.9 Å². The van der Waals surface area contributed by atoms with Gasteiger partial charge in [0.25, 0.3) is 0 Å². The summed E-state index contributed by atoms with van der Waals surface area (Å²) in [5, 5.41) is 12.6. The molecule has 30 heavy (non-hydrogen) atoms. The van der Waals surface area contributed by atoms with Crippen molar-refractivity contribution in [2.75, 3.05) is 11.1 Å². The van der Waals surface area contributed by atoms with Gasteiger partial charge in [-0.3, -0.25) is 4.79 Å². The van der Waals surface area contributed by atoms with Crippen LogP contribution in [0.3, 0.4) is 0 Å². The molecule has 6 nitrogen and oxygen atoms in total. The van der Waals surface area contributed by atoms with Crippen molar-refractivity contribution >= 4 is 46.6 Å². The molecule has 1 N–H and O–H groups in total. The van der Waals surface area contributed by atoms with Crippen LogP contribution in [0.4, 0.5) is 5.69 Å². The van der Waals surface area contributed by atoms with E-state index in [1.807, 2.05) is 37.5 Å². The Morgan fingerprint density at radius 3 is 2.60 bits per heavy atom. The Labute approximate surface area is 189 Å². The SMILES string of the molecule is CCn1c(COc2cc(C)cc(C)c2)nnc1SCC(=O)Nc1cccc(Cl)c1Cl. The second kappa shape index (κ2) is 10.2. The van der Waals surface area contributed by atoms with Crippen molar-refractivity contribution in [3.63, 3.8) is 0 Å². The van der Waals surface area contributed by atoms with E-state index in [2.05, 4.69) is 21.6 Å². The highest BCUT2D eigenvalue weighted by Gasteiger charge is 2.15. The van der Waals surface area contributed by atoms with E-state index in [0.29, 0.717) is 39.9 Å². The zero-order valence-electron chi connectivity index (χ0n) is 16.9. The molecule has 0 aliphatic carbocycles. The summed E-state index contributed by atoms with van der Waals surface area (Å²) in [7, 11) is 0. The van der Waals surface area contributed by atoms with Crippen molar-refractivity contribution in [2.24, 2.45) is 0 Å². The second-order valence-electron chi connectivity index (χ2n) is 6.69. The normalized spacial score (nSPS) is 10.8. The number of nitrogens with zero attached hydrogens (tertiary/aromatic N) is 3. The molecule has 158 valence electrons. The molecule has 0 spiro atoms. The van der Waals surface area contributed by atoms with E-state index < -0.39 is 0 Å². The lowest BCUT2D eigenvalue weighted by atomic mass is 10.1. The minimum atomic E-state index is -0.206. The highest BCUT2D eigenvalue weighted by molar-refractivity contribution is 7.99. The Bertz CT molecular complexity index is 1040. The highest BCUT2D eigenvalue weighted by Crippen LogP contribution is 2.30. The Morgan fingerprint density at radius 1 is 1.17 bits per heavy atom. The van der Waals surface area contributed by atoms with Gasteiger partial charge in [0.1, 0.15) is 12.4 Å². The largest absolute Gasteiger partial charge is 0.486 e. The van der Waals surface area contributed by atoms with Crippen molar-refractivity contribution in [2.45, 2.75) is 39.1 Å². The number of amides is 1. The molecule has 0 atom stereocenters. The number of hydrogen-bond donors (Lipinski definition) is 1. The van der Waals surface area contributed by atoms with Crippen LogP contribution in [0.15, 0.2) is 41.6 Å². The van der Waals surface area contributed by atoms with E-state index >= 15 is 0 Å². The van der Waals surface area contributed by atoms with Crippen LogP contribution in [0.2, 0.25) is 10.0 Å². The number of ether oxygens (including phenoxy) is 1. The first kappa shape index (κ1) is 22.5. The summed E-state index contributed by atoms with van der Waals surface area (Å²) in [4.78, 5) is 12.3. The number of halogens is 2. The second-order valence-corrected chi connectivity index (χ2v) is 8.42. The molecular formula is C21H22Cl2N4O2S. The van der Waals surface area contributed by atoms with E-state index in [9.17, 15) is 4.79 Å². The van der Waals surface area contributed by atoms with Gasteiger partial charge < -0.3 is 14.6 Å². The zero-order valence-corrected chi connectivity index (χ0v) is 19.2. The third-order valence-corrected chi connectivity index (χ3v) is 6.02. The van der Waals surface area contributed by atoms with E-state index in [1.165, 1.54) is 11.8 Å². The van der Waals surface area contributed by atoms with E-state index in [-0.39, 0.29) is 11.7 Å². The quantitative estimate of drug-likeness (QED) is 0.443. The molecule has 9 heteroatoms. The van der Waals surface area contributed by atoms with Gasteiger partial charge in [0, 0.05) is 6.54 Å². The van der Waals surface area contributed by atoms with Crippen molar-refractivity contribution in [1.29, 1.82) is 0 Å². The minimum absolute atomic E-state index is 0.166. The van der Waals surface area contributed by atoms with Crippen molar-refractivity contribution in [3.8, 4) is 5.75 Å². The molecule has 2 aromatic carbocycles. The number of benzene rings is 2. The molecule has 0 saturated heterocycles. The number of thioether (sulfide) groups is 1. The average molecular weight is 465 g/mol. The minimum Gasteiger partial charge on any atom is -0.486 e. The van der Waals surface area contributed by atoms with E-state index in [0.717, 1.165) is 16.9 Å². The smallest absolute Gasteiger partial charge is 0.234 e. The number of aromatic nitrogens is 3. The number of nitrogens with one attached hydrogen (secondary N) is 1. The van der Waals surface area contributed by atoms with Crippen molar-refractivity contribution < 1.29 is 9.53 Å². The number of carbonyl (C=O) groups is 1. The maximum absolute atomic E-state index is 12.3. The van der Waals surface area contributed by atoms with Gasteiger partial charge in [-0.25, -0.2) is 0 Å². The average Bonchev–Trinajstić information content (AvgIpc) is 3.09. The van der Waals surface area contributed by atoms with Crippen LogP contribution in [0, 0.1) is 13.8 Å². The molecule has 0 aliphatic heterocycles. The van der Waals surface area contributed by atoms with Gasteiger partial charge in [-0.2, -0.15) is 0 Å². The number of anilines is 1. The lowest BCUT2D eigenvalue weighted by Crippen LogP contribution is -2.15. The van der Waals surface area contributed by atoms with Gasteiger partial charge >= 0.3 is 0 Å². The molecular weight excluding hydrogens is 443 g/mol. The number of rotatable bonds is 8. The molecule has 1 heterocycles. The molecule has 0 radical (unpaired) electrons. The Morgan fingerprint density at radius 2 is 1.90 bits per heavy atom. The third kappa shape index (κ3) is 5.68.